The number of hydrogen-bond donors (Lipinski definition) is 1. The van der Waals surface area contributed by atoms with Gasteiger partial charge in [0, 0.05) is 24.2 Å². The number of rotatable bonds is 4. The molecule has 0 amide bonds. The number of aromatic nitrogens is 1. The minimum atomic E-state index is 0.409. The monoisotopic (exact) mass is 289 g/mol. The molecule has 0 radical (unpaired) electrons. The highest BCUT2D eigenvalue weighted by Gasteiger charge is 2.16. The van der Waals surface area contributed by atoms with Gasteiger partial charge in [-0.25, -0.2) is 4.98 Å². The number of benzene rings is 1. The Morgan fingerprint density at radius 3 is 2.25 bits per heavy atom. The second-order valence-electron chi connectivity index (χ2n) is 5.57. The first kappa shape index (κ1) is 15.0. The van der Waals surface area contributed by atoms with Crippen molar-refractivity contribution in [2.45, 2.75) is 40.2 Å². The first-order chi connectivity index (χ1) is 9.42. The molecule has 2 aromatic rings. The Kier molecular flexibility index (Phi) is 4.45. The average Bonchev–Trinajstić information content (AvgIpc) is 2.80. The minimum absolute atomic E-state index is 0.409. The molecule has 0 aliphatic rings. The molecule has 0 aliphatic heterocycles. The van der Waals surface area contributed by atoms with Crippen molar-refractivity contribution in [2.75, 3.05) is 11.9 Å². The number of anilines is 2. The number of thiazole rings is 1. The van der Waals surface area contributed by atoms with Crippen LogP contribution in [0.25, 0.3) is 0 Å². The lowest BCUT2D eigenvalue weighted by atomic mass is 10.1. The average molecular weight is 289 g/mol. The molecule has 1 aromatic heterocycles. The largest absolute Gasteiger partial charge is 0.326 e. The minimum Gasteiger partial charge on any atom is -0.326 e. The van der Waals surface area contributed by atoms with Crippen molar-refractivity contribution in [1.82, 2.24) is 4.98 Å². The zero-order valence-corrected chi connectivity index (χ0v) is 13.7. The Balaban J connectivity index is 2.40. The molecule has 2 rings (SSSR count). The molecule has 0 bridgehead atoms. The van der Waals surface area contributed by atoms with Gasteiger partial charge in [-0.3, -0.25) is 0 Å². The van der Waals surface area contributed by atoms with E-state index in [0.29, 0.717) is 12.5 Å². The van der Waals surface area contributed by atoms with E-state index in [4.69, 9.17) is 10.7 Å². The maximum absolute atomic E-state index is 5.84. The van der Waals surface area contributed by atoms with Crippen molar-refractivity contribution in [1.29, 1.82) is 0 Å². The Hall–Kier alpha value is -1.39. The van der Waals surface area contributed by atoms with Gasteiger partial charge in [0.25, 0.3) is 0 Å². The quantitative estimate of drug-likeness (QED) is 0.921. The van der Waals surface area contributed by atoms with Crippen molar-refractivity contribution >= 4 is 22.2 Å². The van der Waals surface area contributed by atoms with Crippen LogP contribution in [-0.2, 0) is 6.54 Å². The molecule has 0 saturated carbocycles. The van der Waals surface area contributed by atoms with E-state index in [-0.39, 0.29) is 0 Å². The number of nitrogens with zero attached hydrogens (tertiary/aromatic N) is 2. The van der Waals surface area contributed by atoms with Crippen LogP contribution in [0.5, 0.6) is 0 Å². The topological polar surface area (TPSA) is 42.2 Å². The molecule has 4 heteroatoms. The summed E-state index contributed by atoms with van der Waals surface area (Å²) >= 11 is 1.69. The van der Waals surface area contributed by atoms with Crippen LogP contribution in [0, 0.1) is 13.8 Å². The van der Waals surface area contributed by atoms with Gasteiger partial charge in [0.15, 0.2) is 5.13 Å². The van der Waals surface area contributed by atoms with Crippen LogP contribution in [0.2, 0.25) is 0 Å². The van der Waals surface area contributed by atoms with Gasteiger partial charge in [-0.1, -0.05) is 31.3 Å². The third-order valence-corrected chi connectivity index (χ3v) is 4.50. The van der Waals surface area contributed by atoms with Crippen LogP contribution >= 0.6 is 11.3 Å². The third kappa shape index (κ3) is 3.02. The number of nitrogens with two attached hydrogens (primary N) is 1. The van der Waals surface area contributed by atoms with Gasteiger partial charge in [-0.15, -0.1) is 0 Å². The second-order valence-corrected chi connectivity index (χ2v) is 6.63. The fraction of sp³-hybridized carbons (Fsp3) is 0.438. The van der Waals surface area contributed by atoms with Crippen LogP contribution in [0.1, 0.15) is 41.5 Å². The van der Waals surface area contributed by atoms with E-state index < -0.39 is 0 Å². The van der Waals surface area contributed by atoms with E-state index in [1.807, 2.05) is 0 Å². The van der Waals surface area contributed by atoms with E-state index in [2.05, 4.69) is 57.8 Å². The molecule has 0 atom stereocenters. The molecule has 0 unspecified atom stereocenters. The van der Waals surface area contributed by atoms with Crippen molar-refractivity contribution in [3.05, 3.63) is 39.9 Å². The van der Waals surface area contributed by atoms with Gasteiger partial charge >= 0.3 is 0 Å². The van der Waals surface area contributed by atoms with Gasteiger partial charge in [-0.05, 0) is 43.0 Å². The van der Waals surface area contributed by atoms with Crippen LogP contribution < -0.4 is 10.6 Å². The zero-order chi connectivity index (χ0) is 14.9. The number of hydrogen-bond acceptors (Lipinski definition) is 4. The highest BCUT2D eigenvalue weighted by Crippen LogP contribution is 2.33. The molecular formula is C16H23N3S. The third-order valence-electron chi connectivity index (χ3n) is 3.33. The highest BCUT2D eigenvalue weighted by molar-refractivity contribution is 7.15. The Morgan fingerprint density at radius 1 is 1.20 bits per heavy atom. The van der Waals surface area contributed by atoms with Crippen LogP contribution in [0.15, 0.2) is 18.2 Å². The van der Waals surface area contributed by atoms with Gasteiger partial charge in [0.2, 0.25) is 0 Å². The van der Waals surface area contributed by atoms with E-state index in [1.165, 1.54) is 21.7 Å². The maximum atomic E-state index is 5.84. The fourth-order valence-corrected chi connectivity index (χ4v) is 3.42. The normalized spacial score (nSPS) is 11.2. The van der Waals surface area contributed by atoms with Crippen molar-refractivity contribution in [3.8, 4) is 0 Å². The first-order valence-electron chi connectivity index (χ1n) is 6.94. The molecule has 20 heavy (non-hydrogen) atoms. The van der Waals surface area contributed by atoms with Gasteiger partial charge in [0.05, 0.1) is 5.69 Å². The van der Waals surface area contributed by atoms with E-state index in [1.54, 1.807) is 11.3 Å². The SMILES string of the molecule is Cc1cc(C)cc(N(C)c2nc(C(C)C)c(CN)s2)c1. The van der Waals surface area contributed by atoms with Crippen LogP contribution in [0.4, 0.5) is 10.8 Å². The molecular weight excluding hydrogens is 266 g/mol. The lowest BCUT2D eigenvalue weighted by Gasteiger charge is -2.17. The molecule has 3 nitrogen and oxygen atoms in total. The standard InChI is InChI=1S/C16H23N3S/c1-10(2)15-14(9-17)20-16(18-15)19(5)13-7-11(3)6-12(4)8-13/h6-8,10H,9,17H2,1-5H3. The summed E-state index contributed by atoms with van der Waals surface area (Å²) in [7, 11) is 2.07. The summed E-state index contributed by atoms with van der Waals surface area (Å²) in [6, 6.07) is 6.56. The summed E-state index contributed by atoms with van der Waals surface area (Å²) in [4.78, 5) is 8.12. The first-order valence-corrected chi connectivity index (χ1v) is 7.75. The van der Waals surface area contributed by atoms with Crippen LogP contribution in [0.3, 0.4) is 0 Å². The maximum Gasteiger partial charge on any atom is 0.190 e. The summed E-state index contributed by atoms with van der Waals surface area (Å²) in [5, 5.41) is 1.01. The fourth-order valence-electron chi connectivity index (χ4n) is 2.35. The van der Waals surface area contributed by atoms with Crippen molar-refractivity contribution in [3.63, 3.8) is 0 Å². The van der Waals surface area contributed by atoms with Gasteiger partial charge < -0.3 is 10.6 Å². The zero-order valence-electron chi connectivity index (χ0n) is 12.9. The van der Waals surface area contributed by atoms with Gasteiger partial charge in [-0.2, -0.15) is 0 Å². The number of aryl methyl sites for hydroxylation is 2. The lowest BCUT2D eigenvalue weighted by molar-refractivity contribution is 0.811. The molecule has 108 valence electrons. The summed E-state index contributed by atoms with van der Waals surface area (Å²) < 4.78 is 0. The van der Waals surface area contributed by atoms with Gasteiger partial charge in [0.1, 0.15) is 0 Å². The van der Waals surface area contributed by atoms with Crippen LogP contribution in [-0.4, -0.2) is 12.0 Å². The van der Waals surface area contributed by atoms with E-state index in [9.17, 15) is 0 Å². The summed E-state index contributed by atoms with van der Waals surface area (Å²) in [6.45, 7) is 9.13. The van der Waals surface area contributed by atoms with Crippen molar-refractivity contribution in [2.24, 2.45) is 5.73 Å². The van der Waals surface area contributed by atoms with E-state index >= 15 is 0 Å². The van der Waals surface area contributed by atoms with E-state index in [0.717, 1.165) is 10.8 Å². The summed E-state index contributed by atoms with van der Waals surface area (Å²) in [5.41, 5.74) is 10.7. The molecule has 0 aliphatic carbocycles. The molecule has 2 N–H and O–H groups in total. The smallest absolute Gasteiger partial charge is 0.190 e. The molecule has 0 fully saturated rings. The lowest BCUT2D eigenvalue weighted by Crippen LogP contribution is -2.09. The predicted octanol–water partition coefficient (Wildman–Crippen LogP) is 4.11. The summed E-state index contributed by atoms with van der Waals surface area (Å²) in [5.74, 6) is 0.409. The predicted molar refractivity (Wildman–Crippen MR) is 88.1 cm³/mol. The Morgan fingerprint density at radius 2 is 1.80 bits per heavy atom. The Labute approximate surface area is 125 Å². The summed E-state index contributed by atoms with van der Waals surface area (Å²) in [6.07, 6.45) is 0. The molecule has 0 saturated heterocycles. The second kappa shape index (κ2) is 5.94. The van der Waals surface area contributed by atoms with Crippen molar-refractivity contribution < 1.29 is 0 Å². The Bertz CT molecular complexity index is 582. The molecule has 0 spiro atoms. The molecule has 1 heterocycles. The molecule has 1 aromatic carbocycles. The highest BCUT2D eigenvalue weighted by atomic mass is 32.1.